The average molecular weight is 526 g/mol. The van der Waals surface area contributed by atoms with Gasteiger partial charge in [-0.05, 0) is 52.9 Å². The van der Waals surface area contributed by atoms with Crippen molar-refractivity contribution >= 4 is 34.2 Å². The zero-order valence-corrected chi connectivity index (χ0v) is 18.8. The number of nitrogens with one attached hydrogen (secondary N) is 1. The summed E-state index contributed by atoms with van der Waals surface area (Å²) in [5.74, 6) is -0.267. The minimum atomic E-state index is -1.00. The Labute approximate surface area is 192 Å². The molecule has 7 nitrogen and oxygen atoms in total. The number of hydrogen-bond acceptors (Lipinski definition) is 5. The molecule has 0 aliphatic rings. The molecule has 156 valence electrons. The molecular weight excluding hydrogens is 507 g/mol. The predicted octanol–water partition coefficient (Wildman–Crippen LogP) is 4.86. The van der Waals surface area contributed by atoms with Gasteiger partial charge in [0.15, 0.2) is 0 Å². The van der Waals surface area contributed by atoms with E-state index >= 15 is 0 Å². The van der Waals surface area contributed by atoms with E-state index in [-0.39, 0.29) is 5.56 Å². The predicted molar refractivity (Wildman–Crippen MR) is 127 cm³/mol. The van der Waals surface area contributed by atoms with Crippen LogP contribution in [0.2, 0.25) is 0 Å². The van der Waals surface area contributed by atoms with Gasteiger partial charge in [0.1, 0.15) is 9.45 Å². The van der Waals surface area contributed by atoms with E-state index in [2.05, 4.69) is 10.3 Å². The SMILES string of the molecule is COc1cccc(-c2nn(-c3ccccc3)cc2CNc2c(C(=O)O)ccnc2I)c1. The number of aromatic nitrogens is 3. The minimum absolute atomic E-state index is 0.179. The monoisotopic (exact) mass is 526 g/mol. The molecule has 0 saturated heterocycles. The van der Waals surface area contributed by atoms with Crippen molar-refractivity contribution in [2.75, 3.05) is 12.4 Å². The highest BCUT2D eigenvalue weighted by molar-refractivity contribution is 14.1. The van der Waals surface area contributed by atoms with Crippen LogP contribution in [-0.4, -0.2) is 33.0 Å². The topological polar surface area (TPSA) is 89.3 Å². The van der Waals surface area contributed by atoms with Gasteiger partial charge in [0.05, 0.1) is 29.7 Å². The number of para-hydroxylation sites is 1. The summed E-state index contributed by atoms with van der Waals surface area (Å²) in [4.78, 5) is 15.8. The van der Waals surface area contributed by atoms with Crippen LogP contribution in [0.3, 0.4) is 0 Å². The Morgan fingerprint density at radius 2 is 1.97 bits per heavy atom. The molecule has 0 aliphatic heterocycles. The summed E-state index contributed by atoms with van der Waals surface area (Å²) >= 11 is 2.03. The molecule has 0 fully saturated rings. The Hall–Kier alpha value is -3.40. The van der Waals surface area contributed by atoms with Gasteiger partial charge in [-0.15, -0.1) is 0 Å². The number of halogens is 1. The number of benzene rings is 2. The van der Waals surface area contributed by atoms with Crippen molar-refractivity contribution in [2.24, 2.45) is 0 Å². The smallest absolute Gasteiger partial charge is 0.337 e. The second-order valence-corrected chi connectivity index (χ2v) is 7.72. The fraction of sp³-hybridized carbons (Fsp3) is 0.0870. The third-order valence-corrected chi connectivity index (χ3v) is 5.56. The number of anilines is 1. The second-order valence-electron chi connectivity index (χ2n) is 6.70. The van der Waals surface area contributed by atoms with E-state index in [9.17, 15) is 9.90 Å². The van der Waals surface area contributed by atoms with Gasteiger partial charge in [-0.1, -0.05) is 30.3 Å². The summed E-state index contributed by atoms with van der Waals surface area (Å²) < 4.78 is 7.78. The molecule has 2 heterocycles. The van der Waals surface area contributed by atoms with Crippen molar-refractivity contribution in [1.29, 1.82) is 0 Å². The number of rotatable bonds is 7. The van der Waals surface area contributed by atoms with Gasteiger partial charge in [-0.25, -0.2) is 14.5 Å². The number of ether oxygens (including phenoxy) is 1. The lowest BCUT2D eigenvalue weighted by molar-refractivity contribution is 0.0697. The summed E-state index contributed by atoms with van der Waals surface area (Å²) in [7, 11) is 1.63. The third-order valence-electron chi connectivity index (χ3n) is 4.74. The van der Waals surface area contributed by atoms with Crippen LogP contribution in [0, 0.1) is 3.70 Å². The van der Waals surface area contributed by atoms with Gasteiger partial charge in [0.25, 0.3) is 0 Å². The van der Waals surface area contributed by atoms with Crippen LogP contribution in [0.5, 0.6) is 5.75 Å². The second kappa shape index (κ2) is 9.17. The van der Waals surface area contributed by atoms with Crippen molar-refractivity contribution < 1.29 is 14.6 Å². The van der Waals surface area contributed by atoms with E-state index in [0.29, 0.717) is 15.9 Å². The number of nitrogens with zero attached hydrogens (tertiary/aromatic N) is 3. The van der Waals surface area contributed by atoms with Crippen molar-refractivity contribution in [1.82, 2.24) is 14.8 Å². The molecule has 2 aromatic carbocycles. The summed E-state index contributed by atoms with van der Waals surface area (Å²) in [5, 5.41) is 17.6. The van der Waals surface area contributed by atoms with Crippen LogP contribution < -0.4 is 10.1 Å². The van der Waals surface area contributed by atoms with Crippen molar-refractivity contribution in [3.05, 3.63) is 87.9 Å². The Morgan fingerprint density at radius 3 is 2.71 bits per heavy atom. The number of pyridine rings is 1. The normalized spacial score (nSPS) is 10.6. The minimum Gasteiger partial charge on any atom is -0.497 e. The van der Waals surface area contributed by atoms with E-state index < -0.39 is 5.97 Å². The van der Waals surface area contributed by atoms with Gasteiger partial charge in [-0.3, -0.25) is 0 Å². The van der Waals surface area contributed by atoms with Crippen LogP contribution in [0.25, 0.3) is 16.9 Å². The quantitative estimate of drug-likeness (QED) is 0.264. The standard InChI is InChI=1S/C23H19IN4O3/c1-31-18-9-5-6-15(12-18)20-16(14-28(27-20)17-7-3-2-4-8-17)13-26-21-19(23(29)30)10-11-25-22(21)24/h2-12,14,26H,13H2,1H3,(H,29,30). The van der Waals surface area contributed by atoms with Crippen LogP contribution in [0.1, 0.15) is 15.9 Å². The molecule has 0 unspecified atom stereocenters. The van der Waals surface area contributed by atoms with Crippen molar-refractivity contribution in [3.8, 4) is 22.7 Å². The largest absolute Gasteiger partial charge is 0.497 e. The van der Waals surface area contributed by atoms with E-state index in [1.807, 2.05) is 88.1 Å². The van der Waals surface area contributed by atoms with E-state index in [0.717, 1.165) is 28.3 Å². The highest BCUT2D eigenvalue weighted by Crippen LogP contribution is 2.29. The van der Waals surface area contributed by atoms with E-state index in [1.54, 1.807) is 7.11 Å². The Bertz CT molecular complexity index is 1220. The fourth-order valence-corrected chi connectivity index (χ4v) is 3.87. The van der Waals surface area contributed by atoms with Crippen LogP contribution in [-0.2, 0) is 6.54 Å². The molecule has 0 bridgehead atoms. The highest BCUT2D eigenvalue weighted by atomic mass is 127. The maximum atomic E-state index is 11.6. The summed E-state index contributed by atoms with van der Waals surface area (Å²) in [6, 6.07) is 19.0. The maximum Gasteiger partial charge on any atom is 0.337 e. The molecule has 0 aliphatic carbocycles. The summed E-state index contributed by atoms with van der Waals surface area (Å²) in [6.45, 7) is 0.376. The number of methoxy groups -OCH3 is 1. The fourth-order valence-electron chi connectivity index (χ4n) is 3.23. The van der Waals surface area contributed by atoms with Gasteiger partial charge >= 0.3 is 5.97 Å². The molecule has 31 heavy (non-hydrogen) atoms. The lowest BCUT2D eigenvalue weighted by atomic mass is 10.1. The number of carboxylic acid groups (broad SMARTS) is 1. The van der Waals surface area contributed by atoms with Gasteiger partial charge in [0.2, 0.25) is 0 Å². The molecule has 0 radical (unpaired) electrons. The number of carbonyl (C=O) groups is 1. The van der Waals surface area contributed by atoms with Crippen molar-refractivity contribution in [3.63, 3.8) is 0 Å². The number of aromatic carboxylic acids is 1. The first-order chi connectivity index (χ1) is 15.1. The molecular formula is C23H19IN4O3. The maximum absolute atomic E-state index is 11.6. The zero-order chi connectivity index (χ0) is 21.8. The van der Waals surface area contributed by atoms with Gasteiger partial charge in [-0.2, -0.15) is 5.10 Å². The molecule has 0 atom stereocenters. The van der Waals surface area contributed by atoms with Crippen LogP contribution in [0.15, 0.2) is 73.1 Å². The first kappa shape index (κ1) is 20.9. The Kier molecular flexibility index (Phi) is 6.17. The highest BCUT2D eigenvalue weighted by Gasteiger charge is 2.17. The average Bonchev–Trinajstić information content (AvgIpc) is 3.23. The molecule has 2 aromatic heterocycles. The molecule has 8 heteroatoms. The van der Waals surface area contributed by atoms with E-state index in [4.69, 9.17) is 9.84 Å². The van der Waals surface area contributed by atoms with Gasteiger partial charge < -0.3 is 15.2 Å². The van der Waals surface area contributed by atoms with Crippen LogP contribution in [0.4, 0.5) is 5.69 Å². The Balaban J connectivity index is 1.74. The summed E-state index contributed by atoms with van der Waals surface area (Å²) in [6.07, 6.45) is 3.44. The van der Waals surface area contributed by atoms with Gasteiger partial charge in [0, 0.05) is 30.1 Å². The number of carboxylic acids is 1. The van der Waals surface area contributed by atoms with Crippen LogP contribution >= 0.6 is 22.6 Å². The number of hydrogen-bond donors (Lipinski definition) is 2. The third kappa shape index (κ3) is 4.53. The molecule has 0 saturated carbocycles. The molecule has 0 spiro atoms. The first-order valence-corrected chi connectivity index (χ1v) is 10.5. The molecule has 2 N–H and O–H groups in total. The lowest BCUT2D eigenvalue weighted by Gasteiger charge is -2.11. The molecule has 4 rings (SSSR count). The van der Waals surface area contributed by atoms with E-state index in [1.165, 1.54) is 12.3 Å². The summed E-state index contributed by atoms with van der Waals surface area (Å²) in [5.41, 5.74) is 4.20. The Morgan fingerprint density at radius 1 is 1.16 bits per heavy atom. The molecule has 4 aromatic rings. The molecule has 0 amide bonds. The lowest BCUT2D eigenvalue weighted by Crippen LogP contribution is -2.09. The first-order valence-electron chi connectivity index (χ1n) is 9.47. The zero-order valence-electron chi connectivity index (χ0n) is 16.6. The van der Waals surface area contributed by atoms with Crippen molar-refractivity contribution in [2.45, 2.75) is 6.54 Å².